The maximum atomic E-state index is 13.1. The summed E-state index contributed by atoms with van der Waals surface area (Å²) in [7, 11) is -9.92. The molecule has 0 bridgehead atoms. The standard InChI is InChI=1S/C81H158O17P2/c1-7-9-11-13-15-17-19-21-23-25-29-33-39-45-51-57-63-78(83)91-69-76(97-81(86)66-60-54-48-41-35-31-27-26-28-32-37-43-49-55-61-73(3)4)71-95-99(87,88)93-67-75(82)68-94-100(89,90)96-72-77(70-92-79(84)64-58-52-46-42-36-38-44-50-56-62-74(5)6)98-80(85)65-59-53-47-40-34-30-24-22-20-18-16-14-12-10-8-2/h73-77,82H,7-72H2,1-6H3,(H,87,88)(H,89,90)/t75-,76-,77-/m1/s1. The highest BCUT2D eigenvalue weighted by Crippen LogP contribution is 2.45. The minimum Gasteiger partial charge on any atom is -0.462 e. The molecule has 594 valence electrons. The third-order valence-electron chi connectivity index (χ3n) is 19.0. The molecule has 0 aromatic heterocycles. The molecule has 5 atom stereocenters. The molecule has 0 fully saturated rings. The Balaban J connectivity index is 5.27. The molecule has 0 saturated carbocycles. The van der Waals surface area contributed by atoms with Crippen molar-refractivity contribution in [3.8, 4) is 0 Å². The Hall–Kier alpha value is -1.94. The van der Waals surface area contributed by atoms with Gasteiger partial charge < -0.3 is 33.8 Å². The molecule has 0 saturated heterocycles. The van der Waals surface area contributed by atoms with E-state index in [1.54, 1.807) is 0 Å². The molecule has 0 rings (SSSR count). The number of hydrogen-bond donors (Lipinski definition) is 3. The highest BCUT2D eigenvalue weighted by Gasteiger charge is 2.30. The Bertz CT molecular complexity index is 1920. The van der Waals surface area contributed by atoms with Gasteiger partial charge in [-0.1, -0.05) is 375 Å². The molecule has 100 heavy (non-hydrogen) atoms. The van der Waals surface area contributed by atoms with Crippen LogP contribution >= 0.6 is 15.6 Å². The van der Waals surface area contributed by atoms with E-state index in [4.69, 9.17) is 37.0 Å². The highest BCUT2D eigenvalue weighted by molar-refractivity contribution is 7.47. The molecule has 0 radical (unpaired) electrons. The first kappa shape index (κ1) is 98.1. The number of rotatable bonds is 80. The van der Waals surface area contributed by atoms with Gasteiger partial charge in [0.25, 0.3) is 0 Å². The van der Waals surface area contributed by atoms with Crippen LogP contribution in [0.4, 0.5) is 0 Å². The van der Waals surface area contributed by atoms with Gasteiger partial charge in [-0.2, -0.15) is 0 Å². The number of carbonyl (C=O) groups is 4. The maximum absolute atomic E-state index is 13.1. The quantitative estimate of drug-likeness (QED) is 0.0222. The molecule has 17 nitrogen and oxygen atoms in total. The second-order valence-electron chi connectivity index (χ2n) is 30.1. The number of aliphatic hydroxyl groups is 1. The van der Waals surface area contributed by atoms with Crippen LogP contribution in [-0.2, 0) is 65.4 Å². The summed E-state index contributed by atoms with van der Waals surface area (Å²) in [6.45, 7) is 9.65. The molecule has 0 aromatic rings. The molecule has 0 aliphatic carbocycles. The van der Waals surface area contributed by atoms with Crippen LogP contribution in [0.1, 0.15) is 427 Å². The Morgan fingerprint density at radius 3 is 0.680 bits per heavy atom. The van der Waals surface area contributed by atoms with Gasteiger partial charge in [0, 0.05) is 25.7 Å². The zero-order valence-corrected chi connectivity index (χ0v) is 67.3. The van der Waals surface area contributed by atoms with E-state index in [2.05, 4.69) is 41.5 Å². The largest absolute Gasteiger partial charge is 0.472 e. The third-order valence-corrected chi connectivity index (χ3v) is 20.9. The summed E-state index contributed by atoms with van der Waals surface area (Å²) in [4.78, 5) is 73.1. The minimum absolute atomic E-state index is 0.108. The van der Waals surface area contributed by atoms with Gasteiger partial charge >= 0.3 is 39.5 Å². The van der Waals surface area contributed by atoms with Gasteiger partial charge in [0.2, 0.25) is 0 Å². The molecule has 0 heterocycles. The number of unbranched alkanes of at least 4 members (excludes halogenated alkanes) is 50. The van der Waals surface area contributed by atoms with Crippen molar-refractivity contribution in [1.29, 1.82) is 0 Å². The minimum atomic E-state index is -4.96. The van der Waals surface area contributed by atoms with Gasteiger partial charge in [-0.25, -0.2) is 9.13 Å². The Morgan fingerprint density at radius 2 is 0.460 bits per heavy atom. The van der Waals surface area contributed by atoms with Crippen molar-refractivity contribution in [2.45, 2.75) is 445 Å². The lowest BCUT2D eigenvalue weighted by atomic mass is 10.0. The number of phosphoric acid groups is 2. The lowest BCUT2D eigenvalue weighted by Crippen LogP contribution is -2.30. The fourth-order valence-electron chi connectivity index (χ4n) is 12.5. The van der Waals surface area contributed by atoms with E-state index in [0.717, 1.165) is 102 Å². The van der Waals surface area contributed by atoms with Crippen LogP contribution in [0.3, 0.4) is 0 Å². The van der Waals surface area contributed by atoms with Crippen LogP contribution < -0.4 is 0 Å². The molecule has 0 spiro atoms. The molecule has 0 aliphatic heterocycles. The summed E-state index contributed by atoms with van der Waals surface area (Å²) in [6, 6.07) is 0. The first-order chi connectivity index (χ1) is 48.4. The number of phosphoric ester groups is 2. The van der Waals surface area contributed by atoms with Crippen LogP contribution in [0.15, 0.2) is 0 Å². The second kappa shape index (κ2) is 72.6. The summed E-state index contributed by atoms with van der Waals surface area (Å²) in [5.74, 6) is -0.567. The van der Waals surface area contributed by atoms with E-state index < -0.39 is 97.5 Å². The summed E-state index contributed by atoms with van der Waals surface area (Å²) in [5.41, 5.74) is 0. The zero-order valence-electron chi connectivity index (χ0n) is 65.5. The summed E-state index contributed by atoms with van der Waals surface area (Å²) < 4.78 is 68.8. The topological polar surface area (TPSA) is 237 Å². The van der Waals surface area contributed by atoms with Crippen LogP contribution in [0.2, 0.25) is 0 Å². The van der Waals surface area contributed by atoms with Crippen molar-refractivity contribution < 1.29 is 80.2 Å². The van der Waals surface area contributed by atoms with E-state index in [0.29, 0.717) is 25.7 Å². The predicted molar refractivity (Wildman–Crippen MR) is 409 cm³/mol. The first-order valence-electron chi connectivity index (χ1n) is 42.0. The SMILES string of the molecule is CCCCCCCCCCCCCCCCCCC(=O)OC[C@H](COP(=O)(O)OC[C@@H](O)COP(=O)(O)OC[C@@H](COC(=O)CCCCCCCCCCCC(C)C)OC(=O)CCCCCCCCCCCCCCCCC)OC(=O)CCCCCCCCCCCCCCCCC(C)C. The summed E-state index contributed by atoms with van der Waals surface area (Å²) in [6.07, 6.45) is 62.3. The van der Waals surface area contributed by atoms with Gasteiger partial charge in [-0.3, -0.25) is 37.3 Å². The van der Waals surface area contributed by atoms with Crippen LogP contribution in [0.5, 0.6) is 0 Å². The van der Waals surface area contributed by atoms with Gasteiger partial charge in [0.1, 0.15) is 19.3 Å². The predicted octanol–water partition coefficient (Wildman–Crippen LogP) is 24.3. The lowest BCUT2D eigenvalue weighted by Gasteiger charge is -2.21. The van der Waals surface area contributed by atoms with Crippen LogP contribution in [0, 0.1) is 11.8 Å². The van der Waals surface area contributed by atoms with Crippen molar-refractivity contribution in [3.05, 3.63) is 0 Å². The monoisotopic (exact) mass is 1470 g/mol. The fourth-order valence-corrected chi connectivity index (χ4v) is 14.1. The van der Waals surface area contributed by atoms with Crippen molar-refractivity contribution in [2.24, 2.45) is 11.8 Å². The molecule has 0 aromatic carbocycles. The Kier molecular flexibility index (Phi) is 71.2. The van der Waals surface area contributed by atoms with Gasteiger partial charge in [0.05, 0.1) is 26.4 Å². The Labute approximate surface area is 613 Å². The van der Waals surface area contributed by atoms with E-state index in [-0.39, 0.29) is 25.7 Å². The molecule has 2 unspecified atom stereocenters. The Morgan fingerprint density at radius 1 is 0.270 bits per heavy atom. The van der Waals surface area contributed by atoms with Gasteiger partial charge in [0.15, 0.2) is 12.2 Å². The van der Waals surface area contributed by atoms with E-state index >= 15 is 0 Å². The zero-order chi connectivity index (χ0) is 73.5. The van der Waals surface area contributed by atoms with Crippen molar-refractivity contribution in [3.63, 3.8) is 0 Å². The number of ether oxygens (including phenoxy) is 4. The van der Waals surface area contributed by atoms with E-state index in [1.165, 1.54) is 244 Å². The third kappa shape index (κ3) is 74.3. The average molecular weight is 1470 g/mol. The number of aliphatic hydroxyl groups excluding tert-OH is 1. The molecule has 19 heteroatoms. The number of hydrogen-bond acceptors (Lipinski definition) is 15. The van der Waals surface area contributed by atoms with Crippen molar-refractivity contribution >= 4 is 39.5 Å². The fraction of sp³-hybridized carbons (Fsp3) is 0.951. The highest BCUT2D eigenvalue weighted by atomic mass is 31.2. The molecular weight excluding hydrogens is 1310 g/mol. The molecule has 3 N–H and O–H groups in total. The number of esters is 4. The van der Waals surface area contributed by atoms with Gasteiger partial charge in [-0.15, -0.1) is 0 Å². The smallest absolute Gasteiger partial charge is 0.462 e. The second-order valence-corrected chi connectivity index (χ2v) is 33.0. The number of carbonyl (C=O) groups excluding carboxylic acids is 4. The maximum Gasteiger partial charge on any atom is 0.472 e. The molecule has 0 aliphatic rings. The summed E-state index contributed by atoms with van der Waals surface area (Å²) >= 11 is 0. The first-order valence-corrected chi connectivity index (χ1v) is 45.0. The van der Waals surface area contributed by atoms with Gasteiger partial charge in [-0.05, 0) is 37.5 Å². The van der Waals surface area contributed by atoms with Crippen LogP contribution in [-0.4, -0.2) is 96.7 Å². The van der Waals surface area contributed by atoms with E-state index in [9.17, 15) is 43.2 Å². The normalized spacial score (nSPS) is 13.9. The van der Waals surface area contributed by atoms with E-state index in [1.807, 2.05) is 0 Å². The lowest BCUT2D eigenvalue weighted by molar-refractivity contribution is -0.161. The van der Waals surface area contributed by atoms with Crippen molar-refractivity contribution in [2.75, 3.05) is 39.6 Å². The summed E-state index contributed by atoms with van der Waals surface area (Å²) in [5, 5.41) is 10.6. The molecule has 0 amide bonds. The molecular formula is C81H158O17P2. The average Bonchev–Trinajstić information content (AvgIpc) is 1.56. The van der Waals surface area contributed by atoms with Crippen LogP contribution in [0.25, 0.3) is 0 Å². The van der Waals surface area contributed by atoms with Crippen molar-refractivity contribution in [1.82, 2.24) is 0 Å².